The van der Waals surface area contributed by atoms with Crippen LogP contribution in [0.1, 0.15) is 44.1 Å². The second-order valence-corrected chi connectivity index (χ2v) is 5.82. The van der Waals surface area contributed by atoms with Crippen molar-refractivity contribution in [3.63, 3.8) is 0 Å². The van der Waals surface area contributed by atoms with E-state index >= 15 is 0 Å². The number of amides is 1. The van der Waals surface area contributed by atoms with Gasteiger partial charge in [-0.3, -0.25) is 9.59 Å². The van der Waals surface area contributed by atoms with Gasteiger partial charge in [0, 0.05) is 18.2 Å². The first kappa shape index (κ1) is 15.4. The smallest absolute Gasteiger partial charge is 0.308 e. The van der Waals surface area contributed by atoms with Crippen molar-refractivity contribution >= 4 is 17.6 Å². The molecule has 1 aliphatic rings. The number of hydrogen-bond donors (Lipinski definition) is 3. The van der Waals surface area contributed by atoms with E-state index in [9.17, 15) is 9.59 Å². The molecule has 5 nitrogen and oxygen atoms in total. The van der Waals surface area contributed by atoms with Crippen LogP contribution in [-0.4, -0.2) is 23.0 Å². The molecule has 0 heterocycles. The van der Waals surface area contributed by atoms with Gasteiger partial charge in [0.1, 0.15) is 0 Å². The van der Waals surface area contributed by atoms with E-state index in [0.29, 0.717) is 18.5 Å². The Morgan fingerprint density at radius 1 is 1.33 bits per heavy atom. The van der Waals surface area contributed by atoms with Crippen LogP contribution in [0.2, 0.25) is 0 Å². The van der Waals surface area contributed by atoms with E-state index in [1.807, 2.05) is 31.2 Å². The summed E-state index contributed by atoms with van der Waals surface area (Å²) in [6.07, 6.45) is 2.61. The van der Waals surface area contributed by atoms with Gasteiger partial charge in [0.05, 0.1) is 5.92 Å². The summed E-state index contributed by atoms with van der Waals surface area (Å²) in [7, 11) is 0. The summed E-state index contributed by atoms with van der Waals surface area (Å²) < 4.78 is 0. The average molecular weight is 290 g/mol. The first-order chi connectivity index (χ1) is 9.97. The topological polar surface area (TPSA) is 92.4 Å². The summed E-state index contributed by atoms with van der Waals surface area (Å²) >= 11 is 0. The fourth-order valence-corrected chi connectivity index (χ4v) is 2.91. The Labute approximate surface area is 124 Å². The van der Waals surface area contributed by atoms with E-state index in [-0.39, 0.29) is 17.9 Å². The minimum absolute atomic E-state index is 0.0790. The number of aliphatic carboxylic acids is 1. The molecular formula is C16H22N2O3. The molecule has 1 aromatic carbocycles. The van der Waals surface area contributed by atoms with Crippen molar-refractivity contribution in [2.75, 3.05) is 5.73 Å². The summed E-state index contributed by atoms with van der Waals surface area (Å²) in [6, 6.07) is 7.25. The van der Waals surface area contributed by atoms with E-state index in [1.165, 1.54) is 0 Å². The first-order valence-corrected chi connectivity index (χ1v) is 7.35. The van der Waals surface area contributed by atoms with Crippen molar-refractivity contribution in [2.45, 2.75) is 44.6 Å². The summed E-state index contributed by atoms with van der Waals surface area (Å²) in [5, 5.41) is 12.0. The maximum absolute atomic E-state index is 12.1. The molecule has 1 amide bonds. The maximum Gasteiger partial charge on any atom is 0.308 e. The van der Waals surface area contributed by atoms with Crippen molar-refractivity contribution in [2.24, 2.45) is 5.92 Å². The number of nitrogens with two attached hydrogens (primary N) is 1. The van der Waals surface area contributed by atoms with Gasteiger partial charge < -0.3 is 16.2 Å². The Bertz CT molecular complexity index is 513. The number of benzene rings is 1. The van der Waals surface area contributed by atoms with Gasteiger partial charge in [-0.15, -0.1) is 0 Å². The number of carbonyl (C=O) groups is 2. The molecule has 1 aromatic rings. The lowest BCUT2D eigenvalue weighted by Gasteiger charge is -2.19. The van der Waals surface area contributed by atoms with Gasteiger partial charge in [-0.25, -0.2) is 0 Å². The molecule has 114 valence electrons. The van der Waals surface area contributed by atoms with Gasteiger partial charge in [0.15, 0.2) is 0 Å². The normalized spacial score (nSPS) is 22.7. The van der Waals surface area contributed by atoms with Crippen molar-refractivity contribution in [1.29, 1.82) is 0 Å². The molecule has 21 heavy (non-hydrogen) atoms. The summed E-state index contributed by atoms with van der Waals surface area (Å²) in [4.78, 5) is 23.2. The fraction of sp³-hybridized carbons (Fsp3) is 0.500. The molecule has 0 saturated heterocycles. The number of carbonyl (C=O) groups excluding carboxylic acids is 1. The lowest BCUT2D eigenvalue weighted by Crippen LogP contribution is -2.40. The summed E-state index contributed by atoms with van der Waals surface area (Å²) in [6.45, 7) is 1.98. The summed E-state index contributed by atoms with van der Waals surface area (Å²) in [5.74, 6) is -1.27. The highest BCUT2D eigenvalue weighted by molar-refractivity contribution is 5.79. The van der Waals surface area contributed by atoms with Crippen LogP contribution in [0, 0.1) is 5.92 Å². The Hall–Kier alpha value is -2.04. The average Bonchev–Trinajstić information content (AvgIpc) is 2.87. The number of nitrogens with one attached hydrogen (secondary N) is 1. The SMILES string of the molecule is CC(CC(=O)NC1CCCC1C(=O)O)c1ccc(N)cc1. The van der Waals surface area contributed by atoms with E-state index < -0.39 is 11.9 Å². The maximum atomic E-state index is 12.1. The van der Waals surface area contributed by atoms with Gasteiger partial charge >= 0.3 is 5.97 Å². The molecule has 0 radical (unpaired) electrons. The van der Waals surface area contributed by atoms with Gasteiger partial charge in [-0.05, 0) is 36.5 Å². The van der Waals surface area contributed by atoms with E-state index in [2.05, 4.69) is 5.32 Å². The van der Waals surface area contributed by atoms with Crippen LogP contribution in [-0.2, 0) is 9.59 Å². The van der Waals surface area contributed by atoms with Crippen LogP contribution in [0.15, 0.2) is 24.3 Å². The highest BCUT2D eigenvalue weighted by atomic mass is 16.4. The molecule has 1 saturated carbocycles. The monoisotopic (exact) mass is 290 g/mol. The Kier molecular flexibility index (Phi) is 4.83. The Morgan fingerprint density at radius 2 is 2.00 bits per heavy atom. The first-order valence-electron chi connectivity index (χ1n) is 7.35. The highest BCUT2D eigenvalue weighted by Crippen LogP contribution is 2.26. The lowest BCUT2D eigenvalue weighted by molar-refractivity contribution is -0.142. The molecule has 2 rings (SSSR count). The van der Waals surface area contributed by atoms with Crippen molar-refractivity contribution in [3.8, 4) is 0 Å². The molecule has 0 aromatic heterocycles. The molecule has 0 bridgehead atoms. The number of hydrogen-bond acceptors (Lipinski definition) is 3. The highest BCUT2D eigenvalue weighted by Gasteiger charge is 2.33. The van der Waals surface area contributed by atoms with Crippen LogP contribution in [0.4, 0.5) is 5.69 Å². The van der Waals surface area contributed by atoms with E-state index in [0.717, 1.165) is 18.4 Å². The number of nitrogen functional groups attached to an aromatic ring is 1. The Morgan fingerprint density at radius 3 is 2.62 bits per heavy atom. The molecule has 0 aliphatic heterocycles. The zero-order valence-electron chi connectivity index (χ0n) is 12.2. The number of carboxylic acid groups (broad SMARTS) is 1. The minimum atomic E-state index is -0.815. The molecule has 3 atom stereocenters. The van der Waals surface area contributed by atoms with Gasteiger partial charge in [-0.1, -0.05) is 25.5 Å². The van der Waals surface area contributed by atoms with Crippen molar-refractivity contribution < 1.29 is 14.7 Å². The van der Waals surface area contributed by atoms with E-state index in [4.69, 9.17) is 10.8 Å². The van der Waals surface area contributed by atoms with Crippen LogP contribution >= 0.6 is 0 Å². The quantitative estimate of drug-likeness (QED) is 0.724. The third kappa shape index (κ3) is 3.97. The third-order valence-corrected chi connectivity index (χ3v) is 4.18. The molecular weight excluding hydrogens is 268 g/mol. The zero-order valence-corrected chi connectivity index (χ0v) is 12.2. The molecule has 5 heteroatoms. The zero-order chi connectivity index (χ0) is 15.4. The lowest BCUT2D eigenvalue weighted by atomic mass is 9.96. The summed E-state index contributed by atoms with van der Waals surface area (Å²) in [5.41, 5.74) is 7.40. The second kappa shape index (κ2) is 6.61. The number of anilines is 1. The van der Waals surface area contributed by atoms with Gasteiger partial charge in [-0.2, -0.15) is 0 Å². The predicted octanol–water partition coefficient (Wildman–Crippen LogP) is 2.13. The van der Waals surface area contributed by atoms with Crippen LogP contribution in [0.3, 0.4) is 0 Å². The van der Waals surface area contributed by atoms with E-state index in [1.54, 1.807) is 0 Å². The van der Waals surface area contributed by atoms with Crippen LogP contribution < -0.4 is 11.1 Å². The number of carboxylic acids is 1. The number of rotatable bonds is 5. The Balaban J connectivity index is 1.89. The van der Waals surface area contributed by atoms with Gasteiger partial charge in [0.25, 0.3) is 0 Å². The van der Waals surface area contributed by atoms with Crippen molar-refractivity contribution in [1.82, 2.24) is 5.32 Å². The minimum Gasteiger partial charge on any atom is -0.481 e. The van der Waals surface area contributed by atoms with Crippen LogP contribution in [0.5, 0.6) is 0 Å². The van der Waals surface area contributed by atoms with Crippen molar-refractivity contribution in [3.05, 3.63) is 29.8 Å². The molecule has 1 fully saturated rings. The van der Waals surface area contributed by atoms with Crippen LogP contribution in [0.25, 0.3) is 0 Å². The van der Waals surface area contributed by atoms with Gasteiger partial charge in [0.2, 0.25) is 5.91 Å². The molecule has 4 N–H and O–H groups in total. The predicted molar refractivity (Wildman–Crippen MR) is 80.8 cm³/mol. The molecule has 3 unspecified atom stereocenters. The standard InChI is InChI=1S/C16H22N2O3/c1-10(11-5-7-12(17)8-6-11)9-15(19)18-14-4-2-3-13(14)16(20)21/h5-8,10,13-14H,2-4,9,17H2,1H3,(H,18,19)(H,20,21). The fourth-order valence-electron chi connectivity index (χ4n) is 2.91. The molecule has 1 aliphatic carbocycles. The molecule has 0 spiro atoms. The largest absolute Gasteiger partial charge is 0.481 e. The second-order valence-electron chi connectivity index (χ2n) is 5.82. The third-order valence-electron chi connectivity index (χ3n) is 4.18.